The van der Waals surface area contributed by atoms with Crippen molar-refractivity contribution in [3.05, 3.63) is 23.3 Å². The molecule has 1 nitrogen and oxygen atoms in total. The van der Waals surface area contributed by atoms with E-state index in [4.69, 9.17) is 16.3 Å². The molecule has 0 bridgehead atoms. The molecule has 0 amide bonds. The van der Waals surface area contributed by atoms with E-state index in [2.05, 4.69) is 0 Å². The predicted octanol–water partition coefficient (Wildman–Crippen LogP) is 2.33. The highest BCUT2D eigenvalue weighted by Gasteiger charge is 1.80. The molecule has 0 saturated carbocycles. The number of allylic oxidation sites excluding steroid dienone is 3. The van der Waals surface area contributed by atoms with Crippen LogP contribution < -0.4 is 0 Å². The number of halogens is 1. The molecule has 0 fully saturated rings. The van der Waals surface area contributed by atoms with Gasteiger partial charge in [-0.1, -0.05) is 17.7 Å². The summed E-state index contributed by atoms with van der Waals surface area (Å²) in [6.45, 7) is 2.49. The first-order valence-electron chi connectivity index (χ1n) is 2.78. The van der Waals surface area contributed by atoms with Crippen molar-refractivity contribution in [3.8, 4) is 0 Å². The predicted molar refractivity (Wildman–Crippen MR) is 40.6 cm³/mol. The summed E-state index contributed by atoms with van der Waals surface area (Å²) in [6, 6.07) is 0. The largest absolute Gasteiger partial charge is 0.381 e. The van der Waals surface area contributed by atoms with Gasteiger partial charge in [-0.15, -0.1) is 0 Å². The average Bonchev–Trinajstić information content (AvgIpc) is 1.85. The molecular weight excluding hydrogens is 136 g/mol. The first kappa shape index (κ1) is 8.73. The Morgan fingerprint density at radius 1 is 1.67 bits per heavy atom. The van der Waals surface area contributed by atoms with Crippen LogP contribution in [0, 0.1) is 0 Å². The zero-order chi connectivity index (χ0) is 7.11. The van der Waals surface area contributed by atoms with E-state index >= 15 is 0 Å². The van der Waals surface area contributed by atoms with E-state index in [1.54, 1.807) is 7.11 Å². The molecule has 0 heterocycles. The summed E-state index contributed by atoms with van der Waals surface area (Å²) in [7, 11) is 1.64. The van der Waals surface area contributed by atoms with Crippen molar-refractivity contribution in [1.82, 2.24) is 0 Å². The fraction of sp³-hybridized carbons (Fsp3) is 0.429. The Balaban J connectivity index is 3.55. The maximum absolute atomic E-state index is 5.65. The van der Waals surface area contributed by atoms with Crippen LogP contribution in [0.5, 0.6) is 0 Å². The van der Waals surface area contributed by atoms with Gasteiger partial charge in [0.2, 0.25) is 0 Å². The Kier molecular flexibility index (Phi) is 5.68. The first-order valence-corrected chi connectivity index (χ1v) is 3.16. The summed E-state index contributed by atoms with van der Waals surface area (Å²) < 4.78 is 4.76. The second kappa shape index (κ2) is 5.86. The van der Waals surface area contributed by atoms with E-state index in [0.29, 0.717) is 6.61 Å². The van der Waals surface area contributed by atoms with Gasteiger partial charge in [0.15, 0.2) is 0 Å². The van der Waals surface area contributed by atoms with Gasteiger partial charge in [0.05, 0.1) is 6.61 Å². The van der Waals surface area contributed by atoms with Gasteiger partial charge >= 0.3 is 0 Å². The van der Waals surface area contributed by atoms with E-state index in [0.717, 1.165) is 5.03 Å². The Morgan fingerprint density at radius 2 is 2.33 bits per heavy atom. The maximum Gasteiger partial charge on any atom is 0.0660 e. The van der Waals surface area contributed by atoms with Crippen LogP contribution in [0.25, 0.3) is 0 Å². The van der Waals surface area contributed by atoms with Crippen LogP contribution in [0.1, 0.15) is 6.92 Å². The van der Waals surface area contributed by atoms with E-state index in [1.165, 1.54) is 0 Å². The molecule has 0 aliphatic heterocycles. The maximum atomic E-state index is 5.65. The number of methoxy groups -OCH3 is 1. The molecule has 9 heavy (non-hydrogen) atoms. The van der Waals surface area contributed by atoms with Crippen LogP contribution in [-0.2, 0) is 4.74 Å². The highest BCUT2D eigenvalue weighted by molar-refractivity contribution is 6.31. The van der Waals surface area contributed by atoms with Crippen LogP contribution in [0.4, 0.5) is 0 Å². The minimum absolute atomic E-state index is 0.573. The van der Waals surface area contributed by atoms with Gasteiger partial charge in [-0.25, -0.2) is 0 Å². The minimum atomic E-state index is 0.573. The zero-order valence-electron chi connectivity index (χ0n) is 5.73. The van der Waals surface area contributed by atoms with Gasteiger partial charge in [0.25, 0.3) is 0 Å². The van der Waals surface area contributed by atoms with E-state index < -0.39 is 0 Å². The molecule has 0 aromatic rings. The molecule has 0 atom stereocenters. The minimum Gasteiger partial charge on any atom is -0.381 e. The van der Waals surface area contributed by atoms with E-state index in [9.17, 15) is 0 Å². The zero-order valence-corrected chi connectivity index (χ0v) is 6.48. The van der Waals surface area contributed by atoms with Crippen LogP contribution in [0.15, 0.2) is 23.3 Å². The Labute approximate surface area is 61.0 Å². The lowest BCUT2D eigenvalue weighted by molar-refractivity contribution is 0.233. The average molecular weight is 147 g/mol. The summed E-state index contributed by atoms with van der Waals surface area (Å²) >= 11 is 5.65. The molecule has 52 valence electrons. The summed E-state index contributed by atoms with van der Waals surface area (Å²) in [6.07, 6.45) is 5.51. The third-order valence-corrected chi connectivity index (χ3v) is 1.05. The van der Waals surface area contributed by atoms with E-state index in [-0.39, 0.29) is 0 Å². The number of rotatable bonds is 3. The van der Waals surface area contributed by atoms with Gasteiger partial charge in [-0.3, -0.25) is 0 Å². The molecule has 0 N–H and O–H groups in total. The quantitative estimate of drug-likeness (QED) is 0.556. The summed E-state index contributed by atoms with van der Waals surface area (Å²) in [4.78, 5) is 0. The highest BCUT2D eigenvalue weighted by atomic mass is 35.5. The molecule has 0 aromatic carbocycles. The Bertz CT molecular complexity index is 116. The van der Waals surface area contributed by atoms with Crippen LogP contribution >= 0.6 is 11.6 Å². The SMILES string of the molecule is C/C=C/C(Cl)=C/COC. The first-order chi connectivity index (χ1) is 4.31. The van der Waals surface area contributed by atoms with Gasteiger partial charge in [0.1, 0.15) is 0 Å². The lowest BCUT2D eigenvalue weighted by Gasteiger charge is -1.88. The lowest BCUT2D eigenvalue weighted by Crippen LogP contribution is -1.80. The molecule has 0 aliphatic rings. The van der Waals surface area contributed by atoms with Crippen molar-refractivity contribution in [2.45, 2.75) is 6.92 Å². The van der Waals surface area contributed by atoms with Crippen LogP contribution in [-0.4, -0.2) is 13.7 Å². The van der Waals surface area contributed by atoms with Gasteiger partial charge < -0.3 is 4.74 Å². The monoisotopic (exact) mass is 146 g/mol. The second-order valence-corrected chi connectivity index (χ2v) is 1.98. The van der Waals surface area contributed by atoms with Gasteiger partial charge in [-0.2, -0.15) is 0 Å². The molecule has 0 rings (SSSR count). The standard InChI is InChI=1S/C7H11ClO/c1-3-4-7(8)5-6-9-2/h3-5H,6H2,1-2H3/b4-3+,7-5-. The number of hydrogen-bond acceptors (Lipinski definition) is 1. The third-order valence-electron chi connectivity index (χ3n) is 0.771. The molecule has 0 aromatic heterocycles. The molecule has 0 radical (unpaired) electrons. The van der Waals surface area contributed by atoms with Crippen molar-refractivity contribution in [1.29, 1.82) is 0 Å². The Morgan fingerprint density at radius 3 is 2.78 bits per heavy atom. The van der Waals surface area contributed by atoms with Crippen molar-refractivity contribution >= 4 is 11.6 Å². The topological polar surface area (TPSA) is 9.23 Å². The Hall–Kier alpha value is -0.270. The fourth-order valence-electron chi connectivity index (χ4n) is 0.390. The smallest absolute Gasteiger partial charge is 0.0660 e. The lowest BCUT2D eigenvalue weighted by atomic mass is 10.4. The molecule has 0 spiro atoms. The third kappa shape index (κ3) is 5.60. The van der Waals surface area contributed by atoms with Crippen molar-refractivity contribution in [3.63, 3.8) is 0 Å². The van der Waals surface area contributed by atoms with Crippen molar-refractivity contribution < 1.29 is 4.74 Å². The van der Waals surface area contributed by atoms with Crippen LogP contribution in [0.3, 0.4) is 0 Å². The molecular formula is C7H11ClO. The van der Waals surface area contributed by atoms with Crippen LogP contribution in [0.2, 0.25) is 0 Å². The molecule has 0 saturated heterocycles. The molecule has 0 unspecified atom stereocenters. The van der Waals surface area contributed by atoms with E-state index in [1.807, 2.05) is 25.2 Å². The highest BCUT2D eigenvalue weighted by Crippen LogP contribution is 2.01. The normalized spacial score (nSPS) is 13.0. The van der Waals surface area contributed by atoms with Crippen molar-refractivity contribution in [2.24, 2.45) is 0 Å². The number of hydrogen-bond donors (Lipinski definition) is 0. The fourth-order valence-corrected chi connectivity index (χ4v) is 0.579. The number of ether oxygens (including phenoxy) is 1. The van der Waals surface area contributed by atoms with Gasteiger partial charge in [-0.05, 0) is 19.1 Å². The second-order valence-electron chi connectivity index (χ2n) is 1.54. The van der Waals surface area contributed by atoms with Crippen molar-refractivity contribution in [2.75, 3.05) is 13.7 Å². The summed E-state index contributed by atoms with van der Waals surface area (Å²) in [5.74, 6) is 0. The molecule has 2 heteroatoms. The van der Waals surface area contributed by atoms with Gasteiger partial charge in [0, 0.05) is 12.1 Å². The summed E-state index contributed by atoms with van der Waals surface area (Å²) in [5.41, 5.74) is 0. The molecule has 0 aliphatic carbocycles. The summed E-state index contributed by atoms with van der Waals surface area (Å²) in [5, 5.41) is 0.722.